The number of aliphatic hydroxyl groups is 1. The van der Waals surface area contributed by atoms with E-state index in [4.69, 9.17) is 0 Å². The molecule has 0 spiro atoms. The van der Waals surface area contributed by atoms with E-state index in [0.29, 0.717) is 34.4 Å². The van der Waals surface area contributed by atoms with Crippen LogP contribution in [0.5, 0.6) is 0 Å². The first-order valence-corrected chi connectivity index (χ1v) is 10.0. The fraction of sp³-hybridized carbons (Fsp3) is 0.182. The van der Waals surface area contributed by atoms with Crippen LogP contribution < -0.4 is 16.0 Å². The molecule has 0 aliphatic rings. The number of nitrogens with one attached hydrogen (secondary N) is 4. The molecule has 0 aliphatic heterocycles. The third-order valence-electron chi connectivity index (χ3n) is 4.91. The van der Waals surface area contributed by atoms with Gasteiger partial charge in [-0.1, -0.05) is 12.1 Å². The van der Waals surface area contributed by atoms with Crippen LogP contribution in [0.15, 0.2) is 42.6 Å². The summed E-state index contributed by atoms with van der Waals surface area (Å²) in [7, 11) is 1.59. The molecule has 2 heterocycles. The first kappa shape index (κ1) is 21.7. The number of hydrogen-bond donors (Lipinski definition) is 5. The van der Waals surface area contributed by atoms with E-state index in [-0.39, 0.29) is 12.5 Å². The third kappa shape index (κ3) is 4.86. The Hall–Kier alpha value is -4.56. The molecule has 1 amide bonds. The van der Waals surface area contributed by atoms with E-state index in [2.05, 4.69) is 58.7 Å². The summed E-state index contributed by atoms with van der Waals surface area (Å²) in [5, 5.41) is 33.0. The fourth-order valence-corrected chi connectivity index (χ4v) is 3.23. The summed E-state index contributed by atoms with van der Waals surface area (Å²) in [6, 6.07) is 15.9. The molecular weight excluding hydrogens is 422 g/mol. The molecule has 11 heteroatoms. The molecule has 0 saturated heterocycles. The quantitative estimate of drug-likeness (QED) is 0.274. The normalized spacial score (nSPS) is 11.4. The zero-order chi connectivity index (χ0) is 23.2. The van der Waals surface area contributed by atoms with E-state index in [1.807, 2.05) is 19.1 Å². The number of aliphatic hydroxyl groups excluding tert-OH is 1. The van der Waals surface area contributed by atoms with E-state index < -0.39 is 6.04 Å². The van der Waals surface area contributed by atoms with Crippen molar-refractivity contribution in [3.05, 3.63) is 71.4 Å². The number of hydrogen-bond acceptors (Lipinski definition) is 9. The molecule has 2 aromatic carbocycles. The van der Waals surface area contributed by atoms with Gasteiger partial charge in [-0.05, 0) is 59.7 Å². The van der Waals surface area contributed by atoms with Crippen molar-refractivity contribution in [3.63, 3.8) is 0 Å². The second-order valence-electron chi connectivity index (χ2n) is 7.07. The molecule has 5 N–H and O–H groups in total. The minimum absolute atomic E-state index is 0.156. The van der Waals surface area contributed by atoms with E-state index in [1.165, 1.54) is 0 Å². The van der Waals surface area contributed by atoms with Gasteiger partial charge in [-0.25, -0.2) is 4.98 Å². The molecule has 0 aliphatic carbocycles. The minimum atomic E-state index is -0.460. The van der Waals surface area contributed by atoms with Gasteiger partial charge >= 0.3 is 0 Å². The van der Waals surface area contributed by atoms with Crippen molar-refractivity contribution in [1.82, 2.24) is 35.9 Å². The number of nitrogens with zero attached hydrogens (tertiary/aromatic N) is 5. The van der Waals surface area contributed by atoms with Crippen LogP contribution in [0.3, 0.4) is 0 Å². The highest BCUT2D eigenvalue weighted by Crippen LogP contribution is 2.28. The van der Waals surface area contributed by atoms with Gasteiger partial charge in [-0.2, -0.15) is 10.2 Å². The minimum Gasteiger partial charge on any atom is -0.394 e. The highest BCUT2D eigenvalue weighted by atomic mass is 16.3. The maximum atomic E-state index is 11.9. The molecule has 4 rings (SSSR count). The largest absolute Gasteiger partial charge is 0.394 e. The molecule has 2 aromatic heterocycles. The van der Waals surface area contributed by atoms with E-state index in [0.717, 1.165) is 11.1 Å². The number of aromatic amines is 1. The van der Waals surface area contributed by atoms with Crippen molar-refractivity contribution in [1.29, 1.82) is 0 Å². The van der Waals surface area contributed by atoms with E-state index >= 15 is 0 Å². The van der Waals surface area contributed by atoms with E-state index in [1.54, 1.807) is 37.5 Å². The van der Waals surface area contributed by atoms with Crippen LogP contribution in [-0.2, 0) is 0 Å². The van der Waals surface area contributed by atoms with Gasteiger partial charge in [0.15, 0.2) is 0 Å². The molecule has 11 nitrogen and oxygen atoms in total. The van der Waals surface area contributed by atoms with Gasteiger partial charge in [-0.15, -0.1) is 10.2 Å². The van der Waals surface area contributed by atoms with Gasteiger partial charge < -0.3 is 21.1 Å². The lowest BCUT2D eigenvalue weighted by atomic mass is 10.1. The Morgan fingerprint density at radius 2 is 2.15 bits per heavy atom. The summed E-state index contributed by atoms with van der Waals surface area (Å²) >= 11 is 0. The monoisotopic (exact) mass is 443 g/mol. The molecule has 0 unspecified atom stereocenters. The van der Waals surface area contributed by atoms with Gasteiger partial charge in [-0.3, -0.25) is 4.79 Å². The maximum Gasteiger partial charge on any atom is 0.251 e. The molecule has 33 heavy (non-hydrogen) atoms. The Morgan fingerprint density at radius 3 is 2.82 bits per heavy atom. The van der Waals surface area contributed by atoms with Crippen LogP contribution in [0.1, 0.15) is 27.5 Å². The van der Waals surface area contributed by atoms with Crippen molar-refractivity contribution < 1.29 is 9.90 Å². The lowest BCUT2D eigenvalue weighted by Gasteiger charge is -2.19. The highest BCUT2D eigenvalue weighted by Gasteiger charge is 2.18. The topological polar surface area (TPSA) is 154 Å². The zero-order valence-electron chi connectivity index (χ0n) is 17.9. The Balaban J connectivity index is 1.65. The van der Waals surface area contributed by atoms with Gasteiger partial charge in [0.1, 0.15) is 5.82 Å². The number of anilines is 3. The molecule has 0 bridgehead atoms. The van der Waals surface area contributed by atoms with Crippen molar-refractivity contribution in [3.8, 4) is 11.4 Å². The Kier molecular flexibility index (Phi) is 6.38. The predicted octanol–water partition coefficient (Wildman–Crippen LogP) is 1.81. The molecule has 166 valence electrons. The first-order chi connectivity index (χ1) is 16.1. The van der Waals surface area contributed by atoms with Crippen LogP contribution >= 0.6 is 0 Å². The van der Waals surface area contributed by atoms with Gasteiger partial charge in [0, 0.05) is 24.5 Å². The molecule has 1 atom stereocenters. The predicted molar refractivity (Wildman–Crippen MR) is 121 cm³/mol. The molecule has 0 fully saturated rings. The van der Waals surface area contributed by atoms with Crippen LogP contribution in [0.2, 0.25) is 0 Å². The lowest BCUT2D eigenvalue weighted by molar-refractivity contribution is 0.0962. The average Bonchev–Trinajstić information content (AvgIpc) is 3.37. The van der Waals surface area contributed by atoms with Crippen molar-refractivity contribution in [2.24, 2.45) is 0 Å². The number of carbonyl (C=O) groups excluding carboxylic acids is 1. The second kappa shape index (κ2) is 9.71. The smallest absolute Gasteiger partial charge is 0.251 e. The number of tetrazole rings is 1. The zero-order valence-corrected chi connectivity index (χ0v) is 17.9. The van der Waals surface area contributed by atoms with Gasteiger partial charge in [0.05, 0.1) is 18.2 Å². The van der Waals surface area contributed by atoms with Crippen molar-refractivity contribution >= 4 is 23.4 Å². The number of carbonyl (C=O) groups is 1. The Labute approximate surface area is 189 Å². The fourth-order valence-electron chi connectivity index (χ4n) is 3.23. The van der Waals surface area contributed by atoms with Crippen LogP contribution in [0.25, 0.3) is 11.4 Å². The molecule has 0 radical (unpaired) electrons. The number of H-pyrrole nitrogens is 1. The maximum absolute atomic E-state index is 11.9. The summed E-state index contributed by atoms with van der Waals surface area (Å²) in [6.07, 6.45) is 1.56. The summed E-state index contributed by atoms with van der Waals surface area (Å²) in [4.78, 5) is 20.9. The third-order valence-corrected chi connectivity index (χ3v) is 4.91. The standard InChI is InChI=1S/C22H21N9O2/c1-13-10-15(8-9-16(13)21(33)23-2)25-22-24-11-17(20-28-30-31-29-20)19(27-22)26-18(12-32)14-6-4-3-5-7-14/h4,6-11,18,32H,12H2,1-2H3,(H,23,33)(H2,24,25,26,27)(H,28,29,30,31)/t18-/m1/s1. The second-order valence-corrected chi connectivity index (χ2v) is 7.07. The SMILES string of the molecule is CNC(=O)c1ccc(Nc2ncc(-c3nn[nH]n3)c(N[C@H](CO)c3cc#ccc3)n2)cc1C. The van der Waals surface area contributed by atoms with Crippen LogP contribution in [0.4, 0.5) is 17.5 Å². The number of benzene rings is 1. The number of rotatable bonds is 8. The summed E-state index contributed by atoms with van der Waals surface area (Å²) in [6.45, 7) is 1.67. The van der Waals surface area contributed by atoms with Gasteiger partial charge in [0.25, 0.3) is 5.91 Å². The Bertz CT molecular complexity index is 1230. The lowest BCUT2D eigenvalue weighted by Crippen LogP contribution is -2.19. The summed E-state index contributed by atoms with van der Waals surface area (Å²) < 4.78 is 0. The van der Waals surface area contributed by atoms with Crippen LogP contribution in [-0.4, -0.2) is 55.3 Å². The van der Waals surface area contributed by atoms with Gasteiger partial charge in [0.2, 0.25) is 11.8 Å². The summed E-state index contributed by atoms with van der Waals surface area (Å²) in [5.41, 5.74) is 3.42. The first-order valence-electron chi connectivity index (χ1n) is 10.0. The van der Waals surface area contributed by atoms with Crippen molar-refractivity contribution in [2.45, 2.75) is 13.0 Å². The number of amides is 1. The average molecular weight is 443 g/mol. The van der Waals surface area contributed by atoms with Crippen LogP contribution in [0, 0.1) is 19.1 Å². The molecular formula is C22H21N9O2. The highest BCUT2D eigenvalue weighted by molar-refractivity contribution is 5.95. The Morgan fingerprint density at radius 1 is 1.27 bits per heavy atom. The molecule has 4 aromatic rings. The number of aromatic nitrogens is 6. The van der Waals surface area contributed by atoms with E-state index in [9.17, 15) is 9.90 Å². The van der Waals surface area contributed by atoms with Crippen molar-refractivity contribution in [2.75, 3.05) is 24.3 Å². The summed E-state index contributed by atoms with van der Waals surface area (Å²) in [5.74, 6) is 0.859. The molecule has 0 saturated carbocycles. The number of aryl methyl sites for hydroxylation is 1.